The monoisotopic (exact) mass is 518 g/mol. The minimum atomic E-state index is -3.83. The van der Waals surface area contributed by atoms with Crippen molar-refractivity contribution < 1.29 is 17.6 Å². The van der Waals surface area contributed by atoms with Gasteiger partial charge < -0.3 is 14.2 Å². The molecule has 1 amide bonds. The number of rotatable bonds is 4. The Bertz CT molecular complexity index is 1430. The number of carbonyl (C=O) groups excluding carboxylic acids is 1. The molecule has 1 aromatic heterocycles. The minimum absolute atomic E-state index is 0.000141. The summed E-state index contributed by atoms with van der Waals surface area (Å²) in [6.45, 7) is 3.06. The molecule has 186 valence electrons. The van der Waals surface area contributed by atoms with Crippen LogP contribution in [0.2, 0.25) is 5.02 Å². The van der Waals surface area contributed by atoms with Crippen LogP contribution in [0.15, 0.2) is 56.6 Å². The molecule has 0 N–H and O–H groups in total. The fourth-order valence-corrected chi connectivity index (χ4v) is 6.63. The number of hydrogen-bond acceptors (Lipinski definition) is 6. The van der Waals surface area contributed by atoms with Gasteiger partial charge in [0, 0.05) is 63.1 Å². The Kier molecular flexibility index (Phi) is 6.37. The highest BCUT2D eigenvalue weighted by molar-refractivity contribution is 7.89. The van der Waals surface area contributed by atoms with E-state index in [0.29, 0.717) is 56.1 Å². The highest BCUT2D eigenvalue weighted by Crippen LogP contribution is 2.28. The van der Waals surface area contributed by atoms with Gasteiger partial charge in [0.25, 0.3) is 0 Å². The molecule has 0 saturated carbocycles. The molecule has 2 fully saturated rings. The first-order valence-corrected chi connectivity index (χ1v) is 13.4. The maximum absolute atomic E-state index is 13.4. The van der Waals surface area contributed by atoms with Gasteiger partial charge in [-0.3, -0.25) is 9.36 Å². The van der Waals surface area contributed by atoms with E-state index in [4.69, 9.17) is 16.0 Å². The van der Waals surface area contributed by atoms with Gasteiger partial charge in [-0.2, -0.15) is 4.31 Å². The van der Waals surface area contributed by atoms with Crippen molar-refractivity contribution in [2.24, 2.45) is 13.0 Å². The number of hydrogen-bond donors (Lipinski definition) is 0. The quantitative estimate of drug-likeness (QED) is 0.526. The summed E-state index contributed by atoms with van der Waals surface area (Å²) >= 11 is 6.11. The second-order valence-electron chi connectivity index (χ2n) is 9.05. The third kappa shape index (κ3) is 4.57. The van der Waals surface area contributed by atoms with Gasteiger partial charge in [-0.05, 0) is 43.2 Å². The number of aryl methyl sites for hydroxylation is 1. The number of piperazine rings is 1. The van der Waals surface area contributed by atoms with Crippen LogP contribution >= 0.6 is 11.6 Å². The van der Waals surface area contributed by atoms with Crippen LogP contribution in [0.4, 0.5) is 5.69 Å². The molecule has 3 heterocycles. The zero-order valence-electron chi connectivity index (χ0n) is 19.4. The number of halogens is 1. The molecule has 2 aromatic carbocycles. The standard InChI is InChI=1S/C24H27ClN4O5S/c1-26-21-8-7-20(15-22(21)34-24(26)31)35(32,33)29-9-3-4-17(16-29)23(30)28-12-10-27(11-13-28)19-6-2-5-18(25)14-19/h2,5-8,14-15,17H,3-4,9-13,16H2,1H3/t17-/m0/s1. The van der Waals surface area contributed by atoms with Crippen LogP contribution in [0.5, 0.6) is 0 Å². The number of fused-ring (bicyclic) bond motifs is 1. The molecule has 1 atom stereocenters. The number of amides is 1. The molecule has 9 nitrogen and oxygen atoms in total. The molecule has 0 unspecified atom stereocenters. The van der Waals surface area contributed by atoms with E-state index in [-0.39, 0.29) is 28.8 Å². The van der Waals surface area contributed by atoms with Crippen molar-refractivity contribution in [1.29, 1.82) is 0 Å². The van der Waals surface area contributed by atoms with E-state index in [2.05, 4.69) is 4.90 Å². The van der Waals surface area contributed by atoms with Crippen molar-refractivity contribution in [3.05, 3.63) is 58.0 Å². The van der Waals surface area contributed by atoms with Crippen LogP contribution in [0.25, 0.3) is 11.1 Å². The van der Waals surface area contributed by atoms with Crippen molar-refractivity contribution in [2.75, 3.05) is 44.2 Å². The lowest BCUT2D eigenvalue weighted by Gasteiger charge is -2.39. The zero-order chi connectivity index (χ0) is 24.7. The summed E-state index contributed by atoms with van der Waals surface area (Å²) in [5.41, 5.74) is 1.78. The van der Waals surface area contributed by atoms with E-state index in [1.54, 1.807) is 13.1 Å². The fourth-order valence-electron chi connectivity index (χ4n) is 4.90. The predicted molar refractivity (Wildman–Crippen MR) is 133 cm³/mol. The Morgan fingerprint density at radius 2 is 1.83 bits per heavy atom. The van der Waals surface area contributed by atoms with Crippen LogP contribution in [0, 0.1) is 5.92 Å². The van der Waals surface area contributed by atoms with Crippen LogP contribution < -0.4 is 10.7 Å². The molecule has 0 aliphatic carbocycles. The molecule has 5 rings (SSSR count). The molecule has 0 spiro atoms. The maximum atomic E-state index is 13.4. The van der Waals surface area contributed by atoms with Gasteiger partial charge in [0.15, 0.2) is 5.58 Å². The number of aromatic nitrogens is 1. The molecule has 0 bridgehead atoms. The molecular weight excluding hydrogens is 492 g/mol. The van der Waals surface area contributed by atoms with E-state index >= 15 is 0 Å². The molecule has 11 heteroatoms. The van der Waals surface area contributed by atoms with Crippen molar-refractivity contribution in [2.45, 2.75) is 17.7 Å². The molecule has 2 saturated heterocycles. The van der Waals surface area contributed by atoms with Gasteiger partial charge in [-0.15, -0.1) is 0 Å². The maximum Gasteiger partial charge on any atom is 0.419 e. The lowest BCUT2D eigenvalue weighted by atomic mass is 9.97. The highest BCUT2D eigenvalue weighted by Gasteiger charge is 2.36. The Balaban J connectivity index is 1.26. The number of oxazole rings is 1. The third-order valence-electron chi connectivity index (χ3n) is 6.90. The summed E-state index contributed by atoms with van der Waals surface area (Å²) in [7, 11) is -2.27. The predicted octanol–water partition coefficient (Wildman–Crippen LogP) is 2.53. The minimum Gasteiger partial charge on any atom is -0.408 e. The summed E-state index contributed by atoms with van der Waals surface area (Å²) in [4.78, 5) is 29.2. The summed E-state index contributed by atoms with van der Waals surface area (Å²) in [5, 5.41) is 0.679. The topological polar surface area (TPSA) is 96.1 Å². The van der Waals surface area contributed by atoms with Gasteiger partial charge in [0.1, 0.15) is 0 Å². The average molecular weight is 519 g/mol. The number of nitrogens with zero attached hydrogens (tertiary/aromatic N) is 4. The summed E-state index contributed by atoms with van der Waals surface area (Å²) < 4.78 is 34.6. The van der Waals surface area contributed by atoms with Crippen molar-refractivity contribution in [1.82, 2.24) is 13.8 Å². The second kappa shape index (κ2) is 9.33. The number of carbonyl (C=O) groups is 1. The normalized spacial score (nSPS) is 19.9. The second-order valence-corrected chi connectivity index (χ2v) is 11.4. The van der Waals surface area contributed by atoms with Crippen molar-refractivity contribution in [3.63, 3.8) is 0 Å². The first-order valence-electron chi connectivity index (χ1n) is 11.6. The first kappa shape index (κ1) is 23.9. The Labute approximate surface area is 208 Å². The van der Waals surface area contributed by atoms with E-state index in [1.165, 1.54) is 21.0 Å². The zero-order valence-corrected chi connectivity index (χ0v) is 21.0. The first-order chi connectivity index (χ1) is 16.7. The lowest BCUT2D eigenvalue weighted by Crippen LogP contribution is -2.53. The molecule has 2 aliphatic rings. The largest absolute Gasteiger partial charge is 0.419 e. The molecular formula is C24H27ClN4O5S. The van der Waals surface area contributed by atoms with Crippen LogP contribution in [0.1, 0.15) is 12.8 Å². The summed E-state index contributed by atoms with van der Waals surface area (Å²) in [5.74, 6) is -0.927. The Morgan fingerprint density at radius 1 is 1.06 bits per heavy atom. The number of sulfonamides is 1. The lowest BCUT2D eigenvalue weighted by molar-refractivity contribution is -0.137. The number of anilines is 1. The van der Waals surface area contributed by atoms with Gasteiger partial charge in [-0.25, -0.2) is 13.2 Å². The number of benzene rings is 2. The summed E-state index contributed by atoms with van der Waals surface area (Å²) in [6, 6.07) is 12.1. The number of piperidine rings is 1. The fraction of sp³-hybridized carbons (Fsp3) is 0.417. The third-order valence-corrected chi connectivity index (χ3v) is 9.00. The summed E-state index contributed by atoms with van der Waals surface area (Å²) in [6.07, 6.45) is 1.27. The average Bonchev–Trinajstić information content (AvgIpc) is 3.16. The molecule has 2 aliphatic heterocycles. The van der Waals surface area contributed by atoms with Crippen LogP contribution in [-0.4, -0.2) is 67.4 Å². The van der Waals surface area contributed by atoms with Crippen molar-refractivity contribution >= 4 is 44.3 Å². The van der Waals surface area contributed by atoms with Gasteiger partial charge in [0.05, 0.1) is 16.3 Å². The van der Waals surface area contributed by atoms with Gasteiger partial charge >= 0.3 is 5.76 Å². The molecule has 3 aromatic rings. The SMILES string of the molecule is Cn1c(=O)oc2cc(S(=O)(=O)N3CCC[C@H](C(=O)N4CCN(c5cccc(Cl)c5)CC4)C3)ccc21. The van der Waals surface area contributed by atoms with Crippen LogP contribution in [0.3, 0.4) is 0 Å². The highest BCUT2D eigenvalue weighted by atomic mass is 35.5. The van der Waals surface area contributed by atoms with E-state index in [0.717, 1.165) is 5.69 Å². The van der Waals surface area contributed by atoms with Crippen molar-refractivity contribution in [3.8, 4) is 0 Å². The Morgan fingerprint density at radius 3 is 2.57 bits per heavy atom. The molecule has 0 radical (unpaired) electrons. The van der Waals surface area contributed by atoms with Gasteiger partial charge in [0.2, 0.25) is 15.9 Å². The molecule has 35 heavy (non-hydrogen) atoms. The smallest absolute Gasteiger partial charge is 0.408 e. The van der Waals surface area contributed by atoms with Gasteiger partial charge in [-0.1, -0.05) is 17.7 Å². The van der Waals surface area contributed by atoms with E-state index in [1.807, 2.05) is 29.2 Å². The Hall–Kier alpha value is -2.82. The van der Waals surface area contributed by atoms with E-state index < -0.39 is 15.8 Å². The van der Waals surface area contributed by atoms with E-state index in [9.17, 15) is 18.0 Å². The van der Waals surface area contributed by atoms with Crippen LogP contribution in [-0.2, 0) is 21.9 Å².